The van der Waals surface area contributed by atoms with Crippen molar-refractivity contribution in [3.8, 4) is 17.0 Å². The minimum Gasteiger partial charge on any atom is -0.497 e. The van der Waals surface area contributed by atoms with Gasteiger partial charge in [0, 0.05) is 12.1 Å². The highest BCUT2D eigenvalue weighted by Crippen LogP contribution is 2.28. The van der Waals surface area contributed by atoms with E-state index in [-0.39, 0.29) is 5.91 Å². The van der Waals surface area contributed by atoms with Crippen LogP contribution in [0.2, 0.25) is 0 Å². The normalized spacial score (nSPS) is 11.0. The van der Waals surface area contributed by atoms with Gasteiger partial charge in [-0.15, -0.1) is 0 Å². The summed E-state index contributed by atoms with van der Waals surface area (Å²) in [6.45, 7) is 5.37. The number of thioether (sulfide) groups is 1. The van der Waals surface area contributed by atoms with Gasteiger partial charge < -0.3 is 19.0 Å². The van der Waals surface area contributed by atoms with Gasteiger partial charge in [-0.1, -0.05) is 25.6 Å². The molecule has 7 heteroatoms. The fourth-order valence-electron chi connectivity index (χ4n) is 2.68. The molecular formula is C21H25N3O3S. The predicted molar refractivity (Wildman–Crippen MR) is 111 cm³/mol. The molecule has 0 fully saturated rings. The molecule has 1 aromatic carbocycles. The van der Waals surface area contributed by atoms with E-state index in [0.29, 0.717) is 24.8 Å². The molecule has 0 saturated carbocycles. The quantitative estimate of drug-likeness (QED) is 0.550. The number of carbonyl (C=O) groups excluding carboxylic acids is 1. The Hall–Kier alpha value is -2.67. The van der Waals surface area contributed by atoms with E-state index in [2.05, 4.69) is 28.7 Å². The van der Waals surface area contributed by atoms with Crippen LogP contribution in [0.3, 0.4) is 0 Å². The van der Waals surface area contributed by atoms with Crippen LogP contribution < -0.4 is 10.1 Å². The molecule has 0 aliphatic rings. The standard InChI is InChI=1S/C21H25N3O3S/c1-15(2)11-22-20(25)14-28-21-23-12-19(16-6-8-17(26-3)9-7-16)24(21)13-18-5-4-10-27-18/h4-10,12,15H,11,13-14H2,1-3H3,(H,22,25). The van der Waals surface area contributed by atoms with Crippen molar-refractivity contribution in [2.24, 2.45) is 5.92 Å². The molecule has 3 aromatic rings. The minimum atomic E-state index is 0.0113. The molecule has 0 aliphatic carbocycles. The lowest BCUT2D eigenvalue weighted by Gasteiger charge is -2.11. The molecular weight excluding hydrogens is 374 g/mol. The maximum atomic E-state index is 12.1. The van der Waals surface area contributed by atoms with Gasteiger partial charge in [0.2, 0.25) is 5.91 Å². The third-order valence-electron chi connectivity index (χ3n) is 4.14. The first kappa shape index (κ1) is 20.1. The number of hydrogen-bond acceptors (Lipinski definition) is 5. The van der Waals surface area contributed by atoms with Gasteiger partial charge >= 0.3 is 0 Å². The van der Waals surface area contributed by atoms with Crippen LogP contribution in [0, 0.1) is 5.92 Å². The van der Waals surface area contributed by atoms with E-state index in [4.69, 9.17) is 9.15 Å². The lowest BCUT2D eigenvalue weighted by Crippen LogP contribution is -2.28. The zero-order valence-electron chi connectivity index (χ0n) is 16.3. The summed E-state index contributed by atoms with van der Waals surface area (Å²) in [5.74, 6) is 2.40. The van der Waals surface area contributed by atoms with Crippen LogP contribution in [0.1, 0.15) is 19.6 Å². The summed E-state index contributed by atoms with van der Waals surface area (Å²) in [6.07, 6.45) is 3.49. The highest BCUT2D eigenvalue weighted by atomic mass is 32.2. The second kappa shape index (κ2) is 9.50. The van der Waals surface area contributed by atoms with Crippen molar-refractivity contribution in [1.29, 1.82) is 0 Å². The largest absolute Gasteiger partial charge is 0.497 e. The smallest absolute Gasteiger partial charge is 0.230 e. The Balaban J connectivity index is 1.81. The number of nitrogens with zero attached hydrogens (tertiary/aromatic N) is 2. The van der Waals surface area contributed by atoms with Gasteiger partial charge in [-0.3, -0.25) is 4.79 Å². The summed E-state index contributed by atoms with van der Waals surface area (Å²) >= 11 is 1.43. The summed E-state index contributed by atoms with van der Waals surface area (Å²) in [5.41, 5.74) is 1.99. The fourth-order valence-corrected chi connectivity index (χ4v) is 3.48. The van der Waals surface area contributed by atoms with Crippen LogP contribution in [0.15, 0.2) is 58.4 Å². The van der Waals surface area contributed by atoms with Crippen molar-refractivity contribution in [1.82, 2.24) is 14.9 Å². The van der Waals surface area contributed by atoms with E-state index in [0.717, 1.165) is 27.9 Å². The van der Waals surface area contributed by atoms with Crippen molar-refractivity contribution in [2.45, 2.75) is 25.5 Å². The number of methoxy groups -OCH3 is 1. The SMILES string of the molecule is COc1ccc(-c2cnc(SCC(=O)NCC(C)C)n2Cc2ccco2)cc1. The number of carbonyl (C=O) groups is 1. The first-order valence-corrected chi connectivity index (χ1v) is 10.2. The molecule has 0 aliphatic heterocycles. The number of benzene rings is 1. The molecule has 6 nitrogen and oxygen atoms in total. The Labute approximate surface area is 169 Å². The van der Waals surface area contributed by atoms with Crippen molar-refractivity contribution in [2.75, 3.05) is 19.4 Å². The molecule has 2 aromatic heterocycles. The van der Waals surface area contributed by atoms with Crippen LogP contribution in [0.5, 0.6) is 5.75 Å². The summed E-state index contributed by atoms with van der Waals surface area (Å²) < 4.78 is 12.8. The average molecular weight is 400 g/mol. The number of imidazole rings is 1. The second-order valence-electron chi connectivity index (χ2n) is 6.81. The Morgan fingerprint density at radius 3 is 2.71 bits per heavy atom. The van der Waals surface area contributed by atoms with Gasteiger partial charge in [-0.05, 0) is 42.3 Å². The molecule has 148 valence electrons. The first-order chi connectivity index (χ1) is 13.6. The molecule has 0 atom stereocenters. The minimum absolute atomic E-state index is 0.0113. The van der Waals surface area contributed by atoms with E-state index in [1.165, 1.54) is 11.8 Å². The zero-order chi connectivity index (χ0) is 19.9. The number of amides is 1. The summed E-state index contributed by atoms with van der Waals surface area (Å²) in [5, 5.41) is 3.72. The molecule has 1 N–H and O–H groups in total. The fraction of sp³-hybridized carbons (Fsp3) is 0.333. The lowest BCUT2D eigenvalue weighted by atomic mass is 10.1. The van der Waals surface area contributed by atoms with Gasteiger partial charge in [-0.2, -0.15) is 0 Å². The Kier molecular flexibility index (Phi) is 6.81. The number of hydrogen-bond donors (Lipinski definition) is 1. The number of nitrogens with one attached hydrogen (secondary N) is 1. The van der Waals surface area contributed by atoms with Crippen LogP contribution in [0.4, 0.5) is 0 Å². The molecule has 0 bridgehead atoms. The van der Waals surface area contributed by atoms with E-state index in [1.807, 2.05) is 42.6 Å². The van der Waals surface area contributed by atoms with Crippen molar-refractivity contribution in [3.63, 3.8) is 0 Å². The molecule has 28 heavy (non-hydrogen) atoms. The first-order valence-electron chi connectivity index (χ1n) is 9.18. The highest BCUT2D eigenvalue weighted by molar-refractivity contribution is 7.99. The molecule has 0 unspecified atom stereocenters. The van der Waals surface area contributed by atoms with Crippen LogP contribution in [-0.2, 0) is 11.3 Å². The third kappa shape index (κ3) is 5.19. The molecule has 2 heterocycles. The summed E-state index contributed by atoms with van der Waals surface area (Å²) in [6, 6.07) is 11.6. The van der Waals surface area contributed by atoms with Crippen LogP contribution >= 0.6 is 11.8 Å². The number of ether oxygens (including phenoxy) is 1. The molecule has 0 radical (unpaired) electrons. The monoisotopic (exact) mass is 399 g/mol. The Morgan fingerprint density at radius 1 is 1.29 bits per heavy atom. The van der Waals surface area contributed by atoms with Gasteiger partial charge in [0.15, 0.2) is 5.16 Å². The number of aromatic nitrogens is 2. The number of rotatable bonds is 9. The summed E-state index contributed by atoms with van der Waals surface area (Å²) in [7, 11) is 1.65. The molecule has 0 spiro atoms. The predicted octanol–water partition coefficient (Wildman–Crippen LogP) is 4.06. The van der Waals surface area contributed by atoms with Gasteiger partial charge in [0.25, 0.3) is 0 Å². The highest BCUT2D eigenvalue weighted by Gasteiger charge is 2.15. The van der Waals surface area contributed by atoms with Crippen molar-refractivity contribution < 1.29 is 13.9 Å². The number of furan rings is 1. The zero-order valence-corrected chi connectivity index (χ0v) is 17.2. The Morgan fingerprint density at radius 2 is 2.07 bits per heavy atom. The maximum absolute atomic E-state index is 12.1. The lowest BCUT2D eigenvalue weighted by molar-refractivity contribution is -0.118. The Bertz CT molecular complexity index is 886. The second-order valence-corrected chi connectivity index (χ2v) is 7.75. The average Bonchev–Trinajstić information content (AvgIpc) is 3.35. The van der Waals surface area contributed by atoms with E-state index < -0.39 is 0 Å². The van der Waals surface area contributed by atoms with E-state index in [9.17, 15) is 4.79 Å². The van der Waals surface area contributed by atoms with Crippen LogP contribution in [0.25, 0.3) is 11.3 Å². The van der Waals surface area contributed by atoms with Gasteiger partial charge in [0.05, 0.1) is 37.6 Å². The van der Waals surface area contributed by atoms with Crippen LogP contribution in [-0.4, -0.2) is 34.9 Å². The maximum Gasteiger partial charge on any atom is 0.230 e. The molecule has 0 saturated heterocycles. The molecule has 1 amide bonds. The topological polar surface area (TPSA) is 69.3 Å². The van der Waals surface area contributed by atoms with E-state index in [1.54, 1.807) is 13.4 Å². The van der Waals surface area contributed by atoms with Crippen molar-refractivity contribution in [3.05, 3.63) is 54.6 Å². The van der Waals surface area contributed by atoms with Gasteiger partial charge in [-0.25, -0.2) is 4.98 Å². The summed E-state index contributed by atoms with van der Waals surface area (Å²) in [4.78, 5) is 16.7. The van der Waals surface area contributed by atoms with Crippen molar-refractivity contribution >= 4 is 17.7 Å². The third-order valence-corrected chi connectivity index (χ3v) is 5.13. The van der Waals surface area contributed by atoms with E-state index >= 15 is 0 Å². The molecule has 3 rings (SSSR count). The van der Waals surface area contributed by atoms with Gasteiger partial charge in [0.1, 0.15) is 11.5 Å².